The molecule has 4 amide bonds. The Morgan fingerprint density at radius 3 is 2.81 bits per heavy atom. The maximum Gasteiger partial charge on any atom is 0.327 e. The predicted octanol–water partition coefficient (Wildman–Crippen LogP) is 3.09. The SMILES string of the molecule is C\C=C/C(=C\C=C\CC(=O)NO)Cn1c2c(c3ccccc31)CCN1C(=O)N(C)C(=O)C21. The number of rotatable bonds is 6. The van der Waals surface area contributed by atoms with Crippen LogP contribution in [0.4, 0.5) is 4.79 Å². The van der Waals surface area contributed by atoms with Crippen molar-refractivity contribution in [2.45, 2.75) is 32.4 Å². The Kier molecular flexibility index (Phi) is 5.96. The van der Waals surface area contributed by atoms with E-state index in [1.165, 1.54) is 11.9 Å². The molecular formula is C24H26N4O4. The van der Waals surface area contributed by atoms with E-state index in [2.05, 4.69) is 10.6 Å². The van der Waals surface area contributed by atoms with Gasteiger partial charge in [0.05, 0.1) is 5.69 Å². The summed E-state index contributed by atoms with van der Waals surface area (Å²) in [4.78, 5) is 39.7. The summed E-state index contributed by atoms with van der Waals surface area (Å²) in [6.45, 7) is 2.95. The van der Waals surface area contributed by atoms with Gasteiger partial charge in [0, 0.05) is 37.5 Å². The Hall–Kier alpha value is -3.65. The third-order valence-corrected chi connectivity index (χ3v) is 5.99. The summed E-state index contributed by atoms with van der Waals surface area (Å²) in [6, 6.07) is 7.21. The molecule has 1 atom stereocenters. The van der Waals surface area contributed by atoms with Crippen LogP contribution in [-0.2, 0) is 22.6 Å². The Morgan fingerprint density at radius 1 is 1.28 bits per heavy atom. The highest BCUT2D eigenvalue weighted by atomic mass is 16.5. The van der Waals surface area contributed by atoms with Gasteiger partial charge in [0.15, 0.2) is 6.04 Å². The fourth-order valence-electron chi connectivity index (χ4n) is 4.55. The second-order valence-electron chi connectivity index (χ2n) is 7.90. The quantitative estimate of drug-likeness (QED) is 0.316. The second kappa shape index (κ2) is 8.84. The Balaban J connectivity index is 1.78. The molecule has 0 radical (unpaired) electrons. The molecule has 0 spiro atoms. The van der Waals surface area contributed by atoms with Crippen molar-refractivity contribution in [2.75, 3.05) is 13.6 Å². The van der Waals surface area contributed by atoms with Crippen LogP contribution in [0.1, 0.15) is 30.6 Å². The van der Waals surface area contributed by atoms with Crippen LogP contribution >= 0.6 is 0 Å². The highest BCUT2D eigenvalue weighted by Gasteiger charge is 2.48. The third kappa shape index (κ3) is 3.62. The number of allylic oxidation sites excluding steroid dienone is 5. The van der Waals surface area contributed by atoms with E-state index < -0.39 is 11.9 Å². The minimum atomic E-state index is -0.612. The molecule has 2 aromatic rings. The molecular weight excluding hydrogens is 408 g/mol. The largest absolute Gasteiger partial charge is 0.337 e. The number of imide groups is 1. The topological polar surface area (TPSA) is 94.9 Å². The molecule has 2 aliphatic rings. The number of aromatic nitrogens is 1. The van der Waals surface area contributed by atoms with Crippen LogP contribution < -0.4 is 5.48 Å². The van der Waals surface area contributed by atoms with Gasteiger partial charge in [-0.15, -0.1) is 0 Å². The lowest BCUT2D eigenvalue weighted by atomic mass is 9.98. The summed E-state index contributed by atoms with van der Waals surface area (Å²) < 4.78 is 2.13. The van der Waals surface area contributed by atoms with E-state index in [1.54, 1.807) is 22.5 Å². The van der Waals surface area contributed by atoms with E-state index in [1.807, 2.05) is 43.4 Å². The number of hydrogen-bond acceptors (Lipinski definition) is 4. The average Bonchev–Trinajstić information content (AvgIpc) is 3.24. The van der Waals surface area contributed by atoms with Gasteiger partial charge in [-0.05, 0) is 30.5 Å². The molecule has 1 aromatic heterocycles. The normalized spacial score (nSPS) is 18.8. The molecule has 0 aliphatic carbocycles. The van der Waals surface area contributed by atoms with Gasteiger partial charge in [-0.2, -0.15) is 0 Å². The number of amides is 4. The van der Waals surface area contributed by atoms with Gasteiger partial charge in [0.25, 0.3) is 5.91 Å². The molecule has 8 heteroatoms. The number of likely N-dealkylation sites (N-methyl/N-ethyl adjacent to an activating group) is 1. The number of urea groups is 1. The molecule has 2 aliphatic heterocycles. The lowest BCUT2D eigenvalue weighted by molar-refractivity contribution is -0.128. The summed E-state index contributed by atoms with van der Waals surface area (Å²) in [6.07, 6.45) is 10.0. The molecule has 1 unspecified atom stereocenters. The molecule has 3 heterocycles. The number of benzene rings is 1. The maximum atomic E-state index is 13.0. The van der Waals surface area contributed by atoms with Gasteiger partial charge in [-0.1, -0.05) is 48.6 Å². The molecule has 4 rings (SSSR count). The van der Waals surface area contributed by atoms with Crippen molar-refractivity contribution in [1.29, 1.82) is 0 Å². The van der Waals surface area contributed by atoms with Crippen LogP contribution in [0.3, 0.4) is 0 Å². The van der Waals surface area contributed by atoms with Crippen molar-refractivity contribution >= 4 is 28.7 Å². The first-order chi connectivity index (χ1) is 15.5. The number of carbonyl (C=O) groups is 3. The smallest absolute Gasteiger partial charge is 0.327 e. The zero-order valence-electron chi connectivity index (χ0n) is 18.1. The minimum absolute atomic E-state index is 0.0674. The van der Waals surface area contributed by atoms with Crippen molar-refractivity contribution < 1.29 is 19.6 Å². The van der Waals surface area contributed by atoms with Crippen molar-refractivity contribution in [3.05, 3.63) is 71.5 Å². The second-order valence-corrected chi connectivity index (χ2v) is 7.90. The summed E-state index contributed by atoms with van der Waals surface area (Å²) in [5.41, 5.74) is 5.59. The monoisotopic (exact) mass is 434 g/mol. The zero-order valence-corrected chi connectivity index (χ0v) is 18.1. The predicted molar refractivity (Wildman–Crippen MR) is 120 cm³/mol. The Morgan fingerprint density at radius 2 is 2.06 bits per heavy atom. The average molecular weight is 434 g/mol. The number of carbonyl (C=O) groups excluding carboxylic acids is 3. The van der Waals surface area contributed by atoms with Crippen LogP contribution in [0.15, 0.2) is 60.2 Å². The van der Waals surface area contributed by atoms with Crippen LogP contribution in [0.5, 0.6) is 0 Å². The first-order valence-electron chi connectivity index (χ1n) is 10.6. The Labute approximate surface area is 186 Å². The van der Waals surface area contributed by atoms with E-state index in [9.17, 15) is 14.4 Å². The van der Waals surface area contributed by atoms with Crippen molar-refractivity contribution in [3.63, 3.8) is 0 Å². The molecule has 166 valence electrons. The van der Waals surface area contributed by atoms with Crippen molar-refractivity contribution in [3.8, 4) is 0 Å². The summed E-state index contributed by atoms with van der Waals surface area (Å²) in [7, 11) is 1.54. The molecule has 0 saturated carbocycles. The van der Waals surface area contributed by atoms with Crippen molar-refractivity contribution in [2.24, 2.45) is 0 Å². The van der Waals surface area contributed by atoms with Gasteiger partial charge in [-0.25, -0.2) is 10.3 Å². The molecule has 0 bridgehead atoms. The zero-order chi connectivity index (χ0) is 22.8. The van der Waals surface area contributed by atoms with E-state index in [0.29, 0.717) is 19.5 Å². The fourth-order valence-corrected chi connectivity index (χ4v) is 4.55. The first-order valence-corrected chi connectivity index (χ1v) is 10.6. The fraction of sp³-hybridized carbons (Fsp3) is 0.292. The number of hydroxylamine groups is 1. The van der Waals surface area contributed by atoms with E-state index >= 15 is 0 Å². The highest BCUT2D eigenvalue weighted by Crippen LogP contribution is 2.41. The number of hydrogen-bond donors (Lipinski definition) is 2. The molecule has 2 N–H and O–H groups in total. The van der Waals surface area contributed by atoms with Gasteiger partial charge in [0.1, 0.15) is 0 Å². The maximum absolute atomic E-state index is 13.0. The van der Waals surface area contributed by atoms with Crippen LogP contribution in [0.2, 0.25) is 0 Å². The summed E-state index contributed by atoms with van der Waals surface area (Å²) >= 11 is 0. The minimum Gasteiger partial charge on any atom is -0.337 e. The number of nitrogens with zero attached hydrogens (tertiary/aromatic N) is 3. The van der Waals surface area contributed by atoms with E-state index in [-0.39, 0.29) is 18.4 Å². The van der Waals surface area contributed by atoms with E-state index in [4.69, 9.17) is 5.21 Å². The molecule has 8 nitrogen and oxygen atoms in total. The molecule has 1 saturated heterocycles. The van der Waals surface area contributed by atoms with Crippen LogP contribution in [0, 0.1) is 0 Å². The van der Waals surface area contributed by atoms with Gasteiger partial charge >= 0.3 is 6.03 Å². The molecule has 1 aromatic carbocycles. The van der Waals surface area contributed by atoms with Gasteiger partial charge in [0.2, 0.25) is 5.91 Å². The number of fused-ring (bicyclic) bond motifs is 5. The first kappa shape index (κ1) is 21.6. The van der Waals surface area contributed by atoms with Crippen LogP contribution in [-0.4, -0.2) is 51.0 Å². The summed E-state index contributed by atoms with van der Waals surface area (Å²) in [5, 5.41) is 9.73. The standard InChI is InChI=1S/C24H26N4O4/c1-3-8-16(9-4-7-12-20(29)25-32)15-28-19-11-6-5-10-17(19)18-13-14-27-22(21(18)28)23(30)26(2)24(27)31/h3-11,22,32H,12-15H2,1-2H3,(H,25,29)/b7-4+,8-3-,16-9+. The third-order valence-electron chi connectivity index (χ3n) is 5.99. The summed E-state index contributed by atoms with van der Waals surface area (Å²) in [5.74, 6) is -0.687. The molecule has 32 heavy (non-hydrogen) atoms. The van der Waals surface area contributed by atoms with Gasteiger partial charge < -0.3 is 9.47 Å². The van der Waals surface area contributed by atoms with Crippen molar-refractivity contribution in [1.82, 2.24) is 19.8 Å². The molecule has 1 fully saturated rings. The highest BCUT2D eigenvalue weighted by molar-refractivity contribution is 6.05. The lowest BCUT2D eigenvalue weighted by Crippen LogP contribution is -2.36. The Bertz CT molecular complexity index is 1170. The van der Waals surface area contributed by atoms with Gasteiger partial charge in [-0.3, -0.25) is 19.7 Å². The number of nitrogens with one attached hydrogen (secondary N) is 1. The van der Waals surface area contributed by atoms with Crippen LogP contribution in [0.25, 0.3) is 10.9 Å². The van der Waals surface area contributed by atoms with E-state index in [0.717, 1.165) is 27.7 Å². The number of para-hydroxylation sites is 1. The lowest BCUT2D eigenvalue weighted by Gasteiger charge is -2.29.